The first-order valence-electron chi connectivity index (χ1n) is 15.9. The van der Waals surface area contributed by atoms with E-state index in [1.807, 2.05) is 59.5 Å². The normalized spacial score (nSPS) is 10.5. The van der Waals surface area contributed by atoms with Crippen molar-refractivity contribution in [2.75, 3.05) is 37.8 Å². The third kappa shape index (κ3) is 10.7. The van der Waals surface area contributed by atoms with E-state index in [1.165, 1.54) is 29.6 Å². The lowest BCUT2D eigenvalue weighted by atomic mass is 10.2. The molecule has 0 saturated heterocycles. The van der Waals surface area contributed by atoms with Gasteiger partial charge >= 0.3 is 0 Å². The Balaban J connectivity index is 0.000000178. The number of thioether (sulfide) groups is 2. The lowest BCUT2D eigenvalue weighted by Gasteiger charge is -2.10. The summed E-state index contributed by atoms with van der Waals surface area (Å²) < 4.78 is 12.4. The van der Waals surface area contributed by atoms with Gasteiger partial charge in [-0.1, -0.05) is 76.0 Å². The number of carbonyl (C=O) groups excluding carboxylic acids is 1. The number of nitrogens with two attached hydrogens (primary N) is 1. The van der Waals surface area contributed by atoms with Crippen molar-refractivity contribution in [3.8, 4) is 28.7 Å². The summed E-state index contributed by atoms with van der Waals surface area (Å²) in [6.45, 7) is 0. The van der Waals surface area contributed by atoms with Gasteiger partial charge in [-0.05, 0) is 79.2 Å². The fraction of sp³-hybridized carbons (Fsp3) is 0.105. The van der Waals surface area contributed by atoms with Crippen molar-refractivity contribution in [3.05, 3.63) is 123 Å². The topological polar surface area (TPSA) is 143 Å². The second-order valence-corrected chi connectivity index (χ2v) is 14.1. The third-order valence-electron chi connectivity index (χ3n) is 7.49. The minimum atomic E-state index is 0.409. The van der Waals surface area contributed by atoms with Crippen LogP contribution in [0, 0.1) is 0 Å². The van der Waals surface area contributed by atoms with E-state index in [0.717, 1.165) is 45.9 Å². The molecule has 282 valence electrons. The van der Waals surface area contributed by atoms with Crippen molar-refractivity contribution in [3.63, 3.8) is 0 Å². The molecule has 0 bridgehead atoms. The predicted octanol–water partition coefficient (Wildman–Crippen LogP) is 10.9. The zero-order chi connectivity index (χ0) is 39.5. The van der Waals surface area contributed by atoms with Gasteiger partial charge in [0.1, 0.15) is 35.2 Å². The Hall–Kier alpha value is -4.76. The van der Waals surface area contributed by atoms with Crippen molar-refractivity contribution >= 4 is 104 Å². The van der Waals surface area contributed by atoms with Crippen LogP contribution in [-0.2, 0) is 0 Å². The zero-order valence-electron chi connectivity index (χ0n) is 29.6. The number of hydrogen-bond donors (Lipinski definition) is 2. The number of nitrogens with one attached hydrogen (secondary N) is 1. The van der Waals surface area contributed by atoms with Gasteiger partial charge in [0.15, 0.2) is 10.3 Å². The van der Waals surface area contributed by atoms with Crippen molar-refractivity contribution in [1.82, 2.24) is 29.5 Å². The number of aldehydes is 1. The van der Waals surface area contributed by atoms with Gasteiger partial charge in [-0.3, -0.25) is 9.36 Å². The van der Waals surface area contributed by atoms with Crippen LogP contribution in [0.3, 0.4) is 0 Å². The number of aromatic nitrogens is 6. The number of imidazole rings is 1. The SMILES string of the molecule is COc1ccc(Nc2ccnc(SC)n2)c(N)c1.COc1ccc2c(c1)nc(-c1ccc(Cl)c(Cl)c1)n2-c1ccnc(SC)n1.O=Cc1ccc(Cl)c(Cl)c1. The smallest absolute Gasteiger partial charge is 0.189 e. The van der Waals surface area contributed by atoms with Gasteiger partial charge in [0, 0.05) is 35.7 Å². The molecule has 7 rings (SSSR count). The number of halogens is 4. The van der Waals surface area contributed by atoms with Gasteiger partial charge in [-0.2, -0.15) is 0 Å². The van der Waals surface area contributed by atoms with Crippen LogP contribution in [0.5, 0.6) is 11.5 Å². The molecule has 0 aliphatic rings. The molecule has 55 heavy (non-hydrogen) atoms. The molecular formula is C38H32Cl4N8O3S2. The highest BCUT2D eigenvalue weighted by atomic mass is 35.5. The first-order valence-corrected chi connectivity index (χ1v) is 19.9. The van der Waals surface area contributed by atoms with Crippen molar-refractivity contribution in [2.24, 2.45) is 0 Å². The van der Waals surface area contributed by atoms with Crippen molar-refractivity contribution in [2.45, 2.75) is 10.3 Å². The number of fused-ring (bicyclic) bond motifs is 1. The molecule has 0 unspecified atom stereocenters. The summed E-state index contributed by atoms with van der Waals surface area (Å²) in [5.74, 6) is 3.61. The van der Waals surface area contributed by atoms with Gasteiger partial charge in [-0.15, -0.1) is 0 Å². The van der Waals surface area contributed by atoms with E-state index in [0.29, 0.717) is 53.3 Å². The van der Waals surface area contributed by atoms with Gasteiger partial charge < -0.3 is 20.5 Å². The Morgan fingerprint density at radius 2 is 1.35 bits per heavy atom. The summed E-state index contributed by atoms with van der Waals surface area (Å²) in [4.78, 5) is 32.3. The number of hydrogen-bond acceptors (Lipinski definition) is 12. The van der Waals surface area contributed by atoms with E-state index in [2.05, 4.69) is 25.3 Å². The molecule has 17 heteroatoms. The molecule has 3 heterocycles. The highest BCUT2D eigenvalue weighted by Gasteiger charge is 2.17. The van der Waals surface area contributed by atoms with Crippen LogP contribution in [0.15, 0.2) is 108 Å². The Bertz CT molecular complexity index is 2440. The molecule has 0 atom stereocenters. The van der Waals surface area contributed by atoms with E-state index in [-0.39, 0.29) is 0 Å². The predicted molar refractivity (Wildman–Crippen MR) is 227 cm³/mol. The molecule has 0 spiro atoms. The van der Waals surface area contributed by atoms with Crippen molar-refractivity contribution < 1.29 is 14.3 Å². The Morgan fingerprint density at radius 1 is 0.709 bits per heavy atom. The molecule has 3 aromatic heterocycles. The average Bonchev–Trinajstić information content (AvgIpc) is 3.60. The number of carbonyl (C=O) groups is 1. The van der Waals surface area contributed by atoms with E-state index in [1.54, 1.807) is 63.0 Å². The second-order valence-electron chi connectivity index (χ2n) is 11.0. The Kier molecular flexibility index (Phi) is 14.8. The lowest BCUT2D eigenvalue weighted by Crippen LogP contribution is -2.02. The summed E-state index contributed by atoms with van der Waals surface area (Å²) in [5, 5.41) is 6.39. The molecule has 0 aliphatic carbocycles. The number of methoxy groups -OCH3 is 2. The van der Waals surface area contributed by atoms with E-state index in [4.69, 9.17) is 66.6 Å². The van der Waals surface area contributed by atoms with Crippen LogP contribution in [0.4, 0.5) is 17.2 Å². The highest BCUT2D eigenvalue weighted by molar-refractivity contribution is 7.98. The highest BCUT2D eigenvalue weighted by Crippen LogP contribution is 2.34. The van der Waals surface area contributed by atoms with Crippen LogP contribution in [0.25, 0.3) is 28.2 Å². The molecule has 0 fully saturated rings. The maximum Gasteiger partial charge on any atom is 0.189 e. The molecule has 0 aliphatic heterocycles. The number of rotatable bonds is 9. The monoisotopic (exact) mass is 852 g/mol. The molecule has 4 aromatic carbocycles. The summed E-state index contributed by atoms with van der Waals surface area (Å²) in [7, 11) is 3.24. The van der Waals surface area contributed by atoms with Crippen LogP contribution in [-0.4, -0.2) is 62.5 Å². The maximum absolute atomic E-state index is 10.2. The van der Waals surface area contributed by atoms with Crippen LogP contribution >= 0.6 is 69.9 Å². The number of anilines is 3. The number of ether oxygens (including phenoxy) is 2. The fourth-order valence-corrected chi connectivity index (χ4v) is 6.13. The second kappa shape index (κ2) is 19.7. The summed E-state index contributed by atoms with van der Waals surface area (Å²) in [6, 6.07) is 25.0. The molecule has 0 amide bonds. The minimum absolute atomic E-state index is 0.409. The standard InChI is InChI=1S/C19H14Cl2N4OS.C12H14N4OS.C7H4Cl2O/c1-26-12-4-6-16-15(10-12)23-18(11-3-5-13(20)14(21)9-11)25(16)17-7-8-22-19(24-17)27-2;1-17-8-3-4-10(9(13)7-8)15-11-5-6-14-12(16-11)18-2;8-6-2-1-5(4-10)3-7(6)9/h3-10H,1-2H3;3-7H,13H2,1-2H3,(H,14,15,16);1-4H. The first kappa shape index (κ1) is 41.4. The van der Waals surface area contributed by atoms with Crippen molar-refractivity contribution in [1.29, 1.82) is 0 Å². The van der Waals surface area contributed by atoms with E-state index < -0.39 is 0 Å². The minimum Gasteiger partial charge on any atom is -0.497 e. The molecule has 0 saturated carbocycles. The summed E-state index contributed by atoms with van der Waals surface area (Å²) in [5.41, 5.74) is 10.4. The molecule has 0 radical (unpaired) electrons. The van der Waals surface area contributed by atoms with Crippen LogP contribution in [0.2, 0.25) is 20.1 Å². The number of nitrogen functional groups attached to an aromatic ring is 1. The molecular weight excluding hydrogens is 822 g/mol. The fourth-order valence-electron chi connectivity index (χ4n) is 4.82. The van der Waals surface area contributed by atoms with Crippen LogP contribution < -0.4 is 20.5 Å². The number of nitrogens with zero attached hydrogens (tertiary/aromatic N) is 6. The summed E-state index contributed by atoms with van der Waals surface area (Å²) >= 11 is 26.5. The van der Waals surface area contributed by atoms with E-state index in [9.17, 15) is 4.79 Å². The summed E-state index contributed by atoms with van der Waals surface area (Å²) in [6.07, 6.45) is 8.04. The molecule has 7 aromatic rings. The zero-order valence-corrected chi connectivity index (χ0v) is 34.3. The molecule has 11 nitrogen and oxygen atoms in total. The van der Waals surface area contributed by atoms with Crippen LogP contribution in [0.1, 0.15) is 10.4 Å². The number of benzene rings is 4. The quantitative estimate of drug-likeness (QED) is 0.0617. The lowest BCUT2D eigenvalue weighted by molar-refractivity contribution is 0.112. The average molecular weight is 855 g/mol. The Labute approximate surface area is 345 Å². The van der Waals surface area contributed by atoms with Gasteiger partial charge in [-0.25, -0.2) is 24.9 Å². The third-order valence-corrected chi connectivity index (χ3v) is 10.1. The molecule has 3 N–H and O–H groups in total. The maximum atomic E-state index is 10.2. The largest absolute Gasteiger partial charge is 0.497 e. The first-order chi connectivity index (χ1) is 26.6. The Morgan fingerprint density at radius 3 is 1.98 bits per heavy atom. The van der Waals surface area contributed by atoms with E-state index >= 15 is 0 Å². The van der Waals surface area contributed by atoms with Gasteiger partial charge in [0.05, 0.1) is 56.7 Å². The van der Waals surface area contributed by atoms with Gasteiger partial charge in [0.25, 0.3) is 0 Å². The van der Waals surface area contributed by atoms with Gasteiger partial charge in [0.2, 0.25) is 0 Å².